The van der Waals surface area contributed by atoms with Crippen molar-refractivity contribution < 1.29 is 9.84 Å². The van der Waals surface area contributed by atoms with E-state index in [1.165, 1.54) is 0 Å². The Hall–Kier alpha value is -1.13. The summed E-state index contributed by atoms with van der Waals surface area (Å²) >= 11 is 3.50. The maximum atomic E-state index is 8.92. The minimum Gasteiger partial charge on any atom is -0.496 e. The fraction of sp³-hybridized carbons (Fsp3) is 0.400. The molecule has 1 aromatic carbocycles. The molecule has 1 heterocycles. The first-order valence-electron chi connectivity index (χ1n) is 6.49. The Morgan fingerprint density at radius 1 is 1.26 bits per heavy atom. The maximum Gasteiger partial charge on any atom is 0.128 e. The molecule has 1 N–H and O–H groups in total. The summed E-state index contributed by atoms with van der Waals surface area (Å²) in [5.41, 5.74) is 2.06. The molecule has 2 aromatic rings. The average Bonchev–Trinajstić information content (AvgIpc) is 2.48. The van der Waals surface area contributed by atoms with Crippen LogP contribution in [0.5, 0.6) is 5.75 Å². The van der Waals surface area contributed by atoms with Crippen LogP contribution in [-0.2, 0) is 6.42 Å². The second-order valence-corrected chi connectivity index (χ2v) is 4.62. The van der Waals surface area contributed by atoms with Crippen molar-refractivity contribution in [3.63, 3.8) is 0 Å². The standard InChI is InChI=1S/C13H14BrNO2.C2H6/c1-17-11-5-4-10(14)13-12(11)9(3-2-8-16)6-7-15-13;1-2/h4-7,16H,2-3,8H2,1H3;1-2H3. The topological polar surface area (TPSA) is 42.4 Å². The van der Waals surface area contributed by atoms with Crippen LogP contribution >= 0.6 is 15.9 Å². The van der Waals surface area contributed by atoms with E-state index in [-0.39, 0.29) is 6.61 Å². The van der Waals surface area contributed by atoms with Crippen LogP contribution in [0.25, 0.3) is 10.9 Å². The van der Waals surface area contributed by atoms with Crippen molar-refractivity contribution in [1.29, 1.82) is 0 Å². The predicted molar refractivity (Wildman–Crippen MR) is 82.7 cm³/mol. The normalized spacial score (nSPS) is 9.95. The highest BCUT2D eigenvalue weighted by atomic mass is 79.9. The van der Waals surface area contributed by atoms with Gasteiger partial charge in [-0.2, -0.15) is 0 Å². The number of methoxy groups -OCH3 is 1. The number of aliphatic hydroxyl groups excluding tert-OH is 1. The number of pyridine rings is 1. The lowest BCUT2D eigenvalue weighted by atomic mass is 10.0. The van der Waals surface area contributed by atoms with Gasteiger partial charge in [-0.15, -0.1) is 0 Å². The molecule has 3 nitrogen and oxygen atoms in total. The molecule has 104 valence electrons. The summed E-state index contributed by atoms with van der Waals surface area (Å²) in [6.45, 7) is 4.19. The van der Waals surface area contributed by atoms with E-state index < -0.39 is 0 Å². The summed E-state index contributed by atoms with van der Waals surface area (Å²) in [6.07, 6.45) is 3.36. The molecular formula is C15H20BrNO2. The van der Waals surface area contributed by atoms with Gasteiger partial charge in [-0.05, 0) is 52.5 Å². The zero-order valence-electron chi connectivity index (χ0n) is 11.6. The van der Waals surface area contributed by atoms with Crippen molar-refractivity contribution in [3.8, 4) is 5.75 Å². The fourth-order valence-electron chi connectivity index (χ4n) is 1.92. The lowest BCUT2D eigenvalue weighted by Crippen LogP contribution is -1.95. The van der Waals surface area contributed by atoms with E-state index in [4.69, 9.17) is 9.84 Å². The predicted octanol–water partition coefficient (Wildman–Crippen LogP) is 3.96. The molecular weight excluding hydrogens is 306 g/mol. The van der Waals surface area contributed by atoms with Gasteiger partial charge in [-0.25, -0.2) is 0 Å². The van der Waals surface area contributed by atoms with Gasteiger partial charge in [-0.3, -0.25) is 4.98 Å². The molecule has 0 amide bonds. The smallest absolute Gasteiger partial charge is 0.128 e. The second kappa shape index (κ2) is 8.12. The van der Waals surface area contributed by atoms with Crippen LogP contribution in [0.1, 0.15) is 25.8 Å². The molecule has 0 atom stereocenters. The molecule has 0 aliphatic heterocycles. The monoisotopic (exact) mass is 325 g/mol. The molecule has 0 fully saturated rings. The first-order valence-corrected chi connectivity index (χ1v) is 7.28. The van der Waals surface area contributed by atoms with E-state index in [0.29, 0.717) is 0 Å². The summed E-state index contributed by atoms with van der Waals surface area (Å²) in [6, 6.07) is 5.84. The molecule has 0 radical (unpaired) electrons. The second-order valence-electron chi connectivity index (χ2n) is 3.77. The van der Waals surface area contributed by atoms with E-state index in [9.17, 15) is 0 Å². The third-order valence-electron chi connectivity index (χ3n) is 2.72. The Kier molecular flexibility index (Phi) is 6.81. The average molecular weight is 326 g/mol. The van der Waals surface area contributed by atoms with Crippen LogP contribution in [0.15, 0.2) is 28.9 Å². The van der Waals surface area contributed by atoms with Gasteiger partial charge < -0.3 is 9.84 Å². The summed E-state index contributed by atoms with van der Waals surface area (Å²) in [5.74, 6) is 0.823. The van der Waals surface area contributed by atoms with Crippen LogP contribution in [0.3, 0.4) is 0 Å². The van der Waals surface area contributed by atoms with Crippen molar-refractivity contribution in [2.24, 2.45) is 0 Å². The van der Waals surface area contributed by atoms with Gasteiger partial charge >= 0.3 is 0 Å². The fourth-order valence-corrected chi connectivity index (χ4v) is 2.35. The van der Waals surface area contributed by atoms with Gasteiger partial charge in [0.15, 0.2) is 0 Å². The molecule has 0 unspecified atom stereocenters. The van der Waals surface area contributed by atoms with Crippen molar-refractivity contribution in [2.45, 2.75) is 26.7 Å². The number of nitrogens with zero attached hydrogens (tertiary/aromatic N) is 1. The minimum absolute atomic E-state index is 0.195. The van der Waals surface area contributed by atoms with E-state index >= 15 is 0 Å². The number of benzene rings is 1. The van der Waals surface area contributed by atoms with Gasteiger partial charge in [0.2, 0.25) is 0 Å². The molecule has 4 heteroatoms. The summed E-state index contributed by atoms with van der Waals surface area (Å²) < 4.78 is 6.34. The molecule has 0 saturated heterocycles. The lowest BCUT2D eigenvalue weighted by Gasteiger charge is -2.10. The van der Waals surface area contributed by atoms with Crippen molar-refractivity contribution in [3.05, 3.63) is 34.4 Å². The highest BCUT2D eigenvalue weighted by molar-refractivity contribution is 9.10. The van der Waals surface area contributed by atoms with Crippen LogP contribution in [0, 0.1) is 0 Å². The van der Waals surface area contributed by atoms with Crippen molar-refractivity contribution in [1.82, 2.24) is 4.98 Å². The maximum absolute atomic E-state index is 8.92. The van der Waals surface area contributed by atoms with Crippen LogP contribution < -0.4 is 4.74 Å². The molecule has 19 heavy (non-hydrogen) atoms. The quantitative estimate of drug-likeness (QED) is 0.925. The van der Waals surface area contributed by atoms with Gasteiger partial charge in [0.1, 0.15) is 5.75 Å². The van der Waals surface area contributed by atoms with Crippen LogP contribution in [-0.4, -0.2) is 23.8 Å². The van der Waals surface area contributed by atoms with E-state index in [2.05, 4.69) is 20.9 Å². The molecule has 0 aliphatic rings. The Morgan fingerprint density at radius 2 is 2.00 bits per heavy atom. The molecule has 1 aromatic heterocycles. The van der Waals surface area contributed by atoms with Gasteiger partial charge in [0.05, 0.1) is 12.6 Å². The Balaban J connectivity index is 0.000000861. The zero-order valence-corrected chi connectivity index (χ0v) is 13.2. The number of aryl methyl sites for hydroxylation is 1. The molecule has 0 bridgehead atoms. The van der Waals surface area contributed by atoms with Gasteiger partial charge in [-0.1, -0.05) is 13.8 Å². The third kappa shape index (κ3) is 3.67. The minimum atomic E-state index is 0.195. The van der Waals surface area contributed by atoms with Crippen molar-refractivity contribution >= 4 is 26.8 Å². The highest BCUT2D eigenvalue weighted by Crippen LogP contribution is 2.33. The van der Waals surface area contributed by atoms with E-state index in [0.717, 1.165) is 39.5 Å². The number of aromatic nitrogens is 1. The zero-order chi connectivity index (χ0) is 14.3. The number of hydrogen-bond donors (Lipinski definition) is 1. The SMILES string of the molecule is CC.COc1ccc(Br)c2nccc(CCCO)c12. The number of aliphatic hydroxyl groups is 1. The van der Waals surface area contributed by atoms with Crippen LogP contribution in [0.4, 0.5) is 0 Å². The first-order chi connectivity index (χ1) is 9.27. The summed E-state index contributed by atoms with van der Waals surface area (Å²) in [5, 5.41) is 9.95. The summed E-state index contributed by atoms with van der Waals surface area (Å²) in [4.78, 5) is 4.37. The van der Waals surface area contributed by atoms with E-state index in [1.54, 1.807) is 13.3 Å². The number of rotatable bonds is 4. The number of halogens is 1. The molecule has 0 spiro atoms. The first kappa shape index (κ1) is 15.9. The molecule has 2 rings (SSSR count). The van der Waals surface area contributed by atoms with Gasteiger partial charge in [0.25, 0.3) is 0 Å². The van der Waals surface area contributed by atoms with Crippen LogP contribution in [0.2, 0.25) is 0 Å². The lowest BCUT2D eigenvalue weighted by molar-refractivity contribution is 0.288. The number of ether oxygens (including phenoxy) is 1. The number of fused-ring (bicyclic) bond motifs is 1. The highest BCUT2D eigenvalue weighted by Gasteiger charge is 2.10. The molecule has 0 saturated carbocycles. The number of hydrogen-bond acceptors (Lipinski definition) is 3. The van der Waals surface area contributed by atoms with E-state index in [1.807, 2.05) is 32.0 Å². The summed E-state index contributed by atoms with van der Waals surface area (Å²) in [7, 11) is 1.66. The van der Waals surface area contributed by atoms with Crippen molar-refractivity contribution in [2.75, 3.05) is 13.7 Å². The largest absolute Gasteiger partial charge is 0.496 e. The molecule has 0 aliphatic carbocycles. The Bertz CT molecular complexity index is 529. The van der Waals surface area contributed by atoms with Gasteiger partial charge in [0, 0.05) is 22.7 Å². The Labute approximate surface area is 122 Å². The Morgan fingerprint density at radius 3 is 2.63 bits per heavy atom. The third-order valence-corrected chi connectivity index (χ3v) is 3.35.